The van der Waals surface area contributed by atoms with Gasteiger partial charge in [-0.05, 0) is 55.1 Å². The van der Waals surface area contributed by atoms with Gasteiger partial charge in [0.15, 0.2) is 0 Å². The smallest absolute Gasteiger partial charge is 0.122 e. The highest BCUT2D eigenvalue weighted by Gasteiger charge is 2.40. The molecule has 1 heterocycles. The van der Waals surface area contributed by atoms with E-state index in [1.54, 1.807) is 7.11 Å². The molecule has 1 saturated heterocycles. The Labute approximate surface area is 151 Å². The van der Waals surface area contributed by atoms with Gasteiger partial charge in [0, 0.05) is 30.9 Å². The van der Waals surface area contributed by atoms with Crippen LogP contribution in [0.1, 0.15) is 24.5 Å². The third-order valence-electron chi connectivity index (χ3n) is 5.83. The molecule has 25 heavy (non-hydrogen) atoms. The Balaban J connectivity index is 1.72. The van der Waals surface area contributed by atoms with Crippen LogP contribution < -0.4 is 9.64 Å². The minimum atomic E-state index is 0.520. The van der Waals surface area contributed by atoms with Gasteiger partial charge in [-0.1, -0.05) is 37.3 Å². The van der Waals surface area contributed by atoms with Crippen molar-refractivity contribution >= 4 is 5.69 Å². The molecule has 0 spiro atoms. The monoisotopic (exact) mass is 336 g/mol. The summed E-state index contributed by atoms with van der Waals surface area (Å²) in [7, 11) is 1.79. The SMILES string of the molecule is CCCN1CCN(c2ccccc2)[C@H]2Cc3c(cccc3OC)C[C@@H]21. The summed E-state index contributed by atoms with van der Waals surface area (Å²) in [6.45, 7) is 5.75. The fraction of sp³-hybridized carbons (Fsp3) is 0.455. The van der Waals surface area contributed by atoms with Crippen LogP contribution in [0.5, 0.6) is 5.75 Å². The van der Waals surface area contributed by atoms with Crippen LogP contribution in [-0.4, -0.2) is 43.7 Å². The van der Waals surface area contributed by atoms with Gasteiger partial charge in [0.05, 0.1) is 7.11 Å². The Morgan fingerprint density at radius 1 is 0.960 bits per heavy atom. The largest absolute Gasteiger partial charge is 0.496 e. The molecule has 1 aliphatic carbocycles. The third-order valence-corrected chi connectivity index (χ3v) is 5.83. The summed E-state index contributed by atoms with van der Waals surface area (Å²) in [5.74, 6) is 1.05. The molecule has 0 bridgehead atoms. The highest BCUT2D eigenvalue weighted by atomic mass is 16.5. The first-order chi connectivity index (χ1) is 12.3. The predicted molar refractivity (Wildman–Crippen MR) is 104 cm³/mol. The Morgan fingerprint density at radius 2 is 1.80 bits per heavy atom. The van der Waals surface area contributed by atoms with Crippen LogP contribution in [0.15, 0.2) is 48.5 Å². The Hall–Kier alpha value is -2.00. The molecule has 2 atom stereocenters. The summed E-state index contributed by atoms with van der Waals surface area (Å²) < 4.78 is 5.68. The van der Waals surface area contributed by atoms with Gasteiger partial charge >= 0.3 is 0 Å². The van der Waals surface area contributed by atoms with Crippen molar-refractivity contribution in [2.45, 2.75) is 38.3 Å². The number of para-hydroxylation sites is 1. The van der Waals surface area contributed by atoms with E-state index in [2.05, 4.69) is 65.3 Å². The Kier molecular flexibility index (Phi) is 4.67. The molecule has 1 fully saturated rings. The zero-order valence-electron chi connectivity index (χ0n) is 15.3. The fourth-order valence-corrected chi connectivity index (χ4v) is 4.69. The molecule has 132 valence electrons. The van der Waals surface area contributed by atoms with E-state index >= 15 is 0 Å². The van der Waals surface area contributed by atoms with E-state index < -0.39 is 0 Å². The molecule has 3 heteroatoms. The molecule has 4 rings (SSSR count). The van der Waals surface area contributed by atoms with Gasteiger partial charge in [0.25, 0.3) is 0 Å². The predicted octanol–water partition coefficient (Wildman–Crippen LogP) is 3.76. The minimum Gasteiger partial charge on any atom is -0.496 e. The van der Waals surface area contributed by atoms with Gasteiger partial charge in [0.1, 0.15) is 5.75 Å². The van der Waals surface area contributed by atoms with Gasteiger partial charge in [-0.2, -0.15) is 0 Å². The summed E-state index contributed by atoms with van der Waals surface area (Å²) in [5, 5.41) is 0. The second-order valence-corrected chi connectivity index (χ2v) is 7.21. The number of piperazine rings is 1. The molecule has 0 radical (unpaired) electrons. The summed E-state index contributed by atoms with van der Waals surface area (Å²) >= 11 is 0. The molecule has 0 amide bonds. The van der Waals surface area contributed by atoms with Crippen LogP contribution in [0.2, 0.25) is 0 Å². The van der Waals surface area contributed by atoms with Crippen molar-refractivity contribution in [3.8, 4) is 5.75 Å². The van der Waals surface area contributed by atoms with Gasteiger partial charge < -0.3 is 9.64 Å². The normalized spacial score (nSPS) is 23.0. The topological polar surface area (TPSA) is 15.7 Å². The molecule has 0 aromatic heterocycles. The van der Waals surface area contributed by atoms with Crippen molar-refractivity contribution in [3.05, 3.63) is 59.7 Å². The van der Waals surface area contributed by atoms with E-state index in [1.165, 1.54) is 29.8 Å². The van der Waals surface area contributed by atoms with Crippen molar-refractivity contribution in [1.29, 1.82) is 0 Å². The molecule has 0 N–H and O–H groups in total. The molecule has 3 nitrogen and oxygen atoms in total. The second kappa shape index (κ2) is 7.09. The number of fused-ring (bicyclic) bond motifs is 2. The highest BCUT2D eigenvalue weighted by Crippen LogP contribution is 2.37. The number of ether oxygens (including phenoxy) is 1. The molecule has 2 aromatic carbocycles. The fourth-order valence-electron chi connectivity index (χ4n) is 4.69. The molecular weight excluding hydrogens is 308 g/mol. The van der Waals surface area contributed by atoms with E-state index in [1.807, 2.05) is 0 Å². The number of methoxy groups -OCH3 is 1. The first kappa shape index (κ1) is 16.5. The quantitative estimate of drug-likeness (QED) is 0.845. The first-order valence-electron chi connectivity index (χ1n) is 9.52. The van der Waals surface area contributed by atoms with Crippen molar-refractivity contribution in [3.63, 3.8) is 0 Å². The van der Waals surface area contributed by atoms with Crippen LogP contribution in [0, 0.1) is 0 Å². The summed E-state index contributed by atoms with van der Waals surface area (Å²) in [6, 6.07) is 18.6. The van der Waals surface area contributed by atoms with Crippen LogP contribution in [0.3, 0.4) is 0 Å². The van der Waals surface area contributed by atoms with E-state index in [9.17, 15) is 0 Å². The standard InChI is InChI=1S/C22H28N2O/c1-3-12-23-13-14-24(18-9-5-4-6-10-18)21-16-19-17(15-20(21)23)8-7-11-22(19)25-2/h4-11,20-21H,3,12-16H2,1-2H3/t20-,21-/m0/s1. The third kappa shape index (κ3) is 3.02. The van der Waals surface area contributed by atoms with Gasteiger partial charge in [0.2, 0.25) is 0 Å². The van der Waals surface area contributed by atoms with Crippen molar-refractivity contribution in [1.82, 2.24) is 4.90 Å². The zero-order valence-corrected chi connectivity index (χ0v) is 15.3. The summed E-state index contributed by atoms with van der Waals surface area (Å²) in [6.07, 6.45) is 3.42. The van der Waals surface area contributed by atoms with Gasteiger partial charge in [-0.3, -0.25) is 4.90 Å². The highest BCUT2D eigenvalue weighted by molar-refractivity contribution is 5.52. The summed E-state index contributed by atoms with van der Waals surface area (Å²) in [5.41, 5.74) is 4.23. The molecule has 1 aliphatic heterocycles. The van der Waals surface area contributed by atoms with Crippen LogP contribution in [0.4, 0.5) is 5.69 Å². The number of nitrogens with zero attached hydrogens (tertiary/aromatic N) is 2. The van der Waals surface area contributed by atoms with Crippen LogP contribution in [0.25, 0.3) is 0 Å². The van der Waals surface area contributed by atoms with Crippen molar-refractivity contribution < 1.29 is 4.74 Å². The number of anilines is 1. The minimum absolute atomic E-state index is 0.520. The van der Waals surface area contributed by atoms with Crippen molar-refractivity contribution in [2.75, 3.05) is 31.6 Å². The molecular formula is C22H28N2O. The molecule has 2 aromatic rings. The lowest BCUT2D eigenvalue weighted by molar-refractivity contribution is 0.131. The van der Waals surface area contributed by atoms with Gasteiger partial charge in [-0.25, -0.2) is 0 Å². The molecule has 0 saturated carbocycles. The number of hydrogen-bond acceptors (Lipinski definition) is 3. The van der Waals surface area contributed by atoms with Gasteiger partial charge in [-0.15, -0.1) is 0 Å². The first-order valence-corrected chi connectivity index (χ1v) is 9.52. The lowest BCUT2D eigenvalue weighted by atomic mass is 9.81. The van der Waals surface area contributed by atoms with Crippen molar-refractivity contribution in [2.24, 2.45) is 0 Å². The molecule has 0 unspecified atom stereocenters. The lowest BCUT2D eigenvalue weighted by Crippen LogP contribution is -2.62. The average Bonchev–Trinajstić information content (AvgIpc) is 2.67. The lowest BCUT2D eigenvalue weighted by Gasteiger charge is -2.51. The molecule has 2 aliphatic rings. The van der Waals surface area contributed by atoms with E-state index in [0.717, 1.165) is 31.7 Å². The number of rotatable bonds is 4. The average molecular weight is 336 g/mol. The number of benzene rings is 2. The maximum Gasteiger partial charge on any atom is 0.122 e. The second-order valence-electron chi connectivity index (χ2n) is 7.21. The zero-order chi connectivity index (χ0) is 17.2. The maximum atomic E-state index is 5.68. The van der Waals surface area contributed by atoms with E-state index in [0.29, 0.717) is 12.1 Å². The van der Waals surface area contributed by atoms with Crippen LogP contribution >= 0.6 is 0 Å². The maximum absolute atomic E-state index is 5.68. The van der Waals surface area contributed by atoms with E-state index in [4.69, 9.17) is 4.74 Å². The number of hydrogen-bond donors (Lipinski definition) is 0. The Morgan fingerprint density at radius 3 is 2.56 bits per heavy atom. The Bertz CT molecular complexity index is 715. The van der Waals surface area contributed by atoms with Crippen LogP contribution in [-0.2, 0) is 12.8 Å². The summed E-state index contributed by atoms with van der Waals surface area (Å²) in [4.78, 5) is 5.35. The van der Waals surface area contributed by atoms with E-state index in [-0.39, 0.29) is 0 Å².